The molecule has 0 amide bonds. The number of hydrogen-bond donors (Lipinski definition) is 0. The average Bonchev–Trinajstić information content (AvgIpc) is 3.59. The van der Waals surface area contributed by atoms with Crippen molar-refractivity contribution in [1.82, 2.24) is 0 Å². The number of cyclic esters (lactones) is 4. The zero-order valence-electron chi connectivity index (χ0n) is 26.1. The van der Waals surface area contributed by atoms with Crippen molar-refractivity contribution in [2.75, 3.05) is 0 Å². The number of hydrogen-bond acceptors (Lipinski definition) is 14. The highest BCUT2D eigenvalue weighted by Gasteiger charge is 2.31. The first-order valence-electron chi connectivity index (χ1n) is 15.0. The fourth-order valence-electron chi connectivity index (χ4n) is 4.98. The van der Waals surface area contributed by atoms with E-state index in [4.69, 9.17) is 18.9 Å². The van der Waals surface area contributed by atoms with Crippen LogP contribution in [-0.4, -0.2) is 47.8 Å². The lowest BCUT2D eigenvalue weighted by atomic mass is 10.1. The summed E-state index contributed by atoms with van der Waals surface area (Å²) < 4.78 is 30.3. The van der Waals surface area contributed by atoms with Crippen molar-refractivity contribution in [3.8, 4) is 23.0 Å². The second-order valence-electron chi connectivity index (χ2n) is 11.0. The van der Waals surface area contributed by atoms with Crippen LogP contribution < -0.4 is 18.9 Å². The van der Waals surface area contributed by atoms with Gasteiger partial charge in [0.25, 0.3) is 0 Å². The molecule has 14 nitrogen and oxygen atoms in total. The van der Waals surface area contributed by atoms with E-state index in [2.05, 4.69) is 9.47 Å². The van der Waals surface area contributed by atoms with E-state index in [0.29, 0.717) is 0 Å². The third-order valence-corrected chi connectivity index (χ3v) is 7.61. The predicted molar refractivity (Wildman–Crippen MR) is 172 cm³/mol. The van der Waals surface area contributed by atoms with Crippen LogP contribution in [0.3, 0.4) is 0 Å². The standard InChI is InChI=1S/C38H18O14/c39-31(47-23-9-5-21(6-10-23)33(41)49-25-13-15-27-29(17-25)37(45)51-35(27)43)19-1-2-20(4-3-19)32(40)48-24-11-7-22(8-12-24)34(42)50-26-14-16-28-30(18-26)38(46)52-36(28)44/h1-18H. The molecule has 0 fully saturated rings. The summed E-state index contributed by atoms with van der Waals surface area (Å²) in [6, 6.07) is 24.2. The molecule has 0 bridgehead atoms. The molecule has 0 radical (unpaired) electrons. The fraction of sp³-hybridized carbons (Fsp3) is 0. The highest BCUT2D eigenvalue weighted by atomic mass is 16.6. The first-order chi connectivity index (χ1) is 25.0. The molecule has 0 spiro atoms. The second kappa shape index (κ2) is 13.3. The summed E-state index contributed by atoms with van der Waals surface area (Å²) in [6.07, 6.45) is 0. The molecular weight excluding hydrogens is 680 g/mol. The lowest BCUT2D eigenvalue weighted by molar-refractivity contribution is 0.0425. The van der Waals surface area contributed by atoms with Gasteiger partial charge in [0.05, 0.1) is 44.5 Å². The SMILES string of the molecule is O=C(Oc1ccc(C(=O)Oc2ccc3c(c2)C(=O)OC3=O)cc1)c1ccc(C(=O)Oc2ccc(C(=O)Oc3ccc4c(c3)C(=O)OC4=O)cc2)cc1. The van der Waals surface area contributed by atoms with Crippen molar-refractivity contribution in [1.29, 1.82) is 0 Å². The normalized spacial score (nSPS) is 12.6. The third kappa shape index (κ3) is 6.62. The van der Waals surface area contributed by atoms with Gasteiger partial charge in [-0.25, -0.2) is 38.4 Å². The van der Waals surface area contributed by atoms with Crippen LogP contribution in [0.4, 0.5) is 0 Å². The summed E-state index contributed by atoms with van der Waals surface area (Å²) in [5.41, 5.74) is 0.571. The van der Waals surface area contributed by atoms with Crippen molar-refractivity contribution >= 4 is 47.8 Å². The van der Waals surface area contributed by atoms with Crippen molar-refractivity contribution in [3.63, 3.8) is 0 Å². The van der Waals surface area contributed by atoms with Gasteiger partial charge in [-0.3, -0.25) is 0 Å². The maximum absolute atomic E-state index is 12.7. The minimum Gasteiger partial charge on any atom is -0.423 e. The Kier molecular flexibility index (Phi) is 8.38. The van der Waals surface area contributed by atoms with Crippen molar-refractivity contribution < 1.29 is 66.8 Å². The van der Waals surface area contributed by atoms with E-state index >= 15 is 0 Å². The Hall–Kier alpha value is -7.74. The Morgan fingerprint density at radius 3 is 0.904 bits per heavy atom. The number of rotatable bonds is 8. The Morgan fingerprint density at radius 1 is 0.327 bits per heavy atom. The molecule has 0 aliphatic carbocycles. The minimum atomic E-state index is -0.837. The quantitative estimate of drug-likeness (QED) is 0.117. The zero-order chi connectivity index (χ0) is 36.5. The predicted octanol–water partition coefficient (Wildman–Crippen LogP) is 5.18. The van der Waals surface area contributed by atoms with Crippen molar-refractivity contribution in [2.45, 2.75) is 0 Å². The van der Waals surface area contributed by atoms with Crippen LogP contribution in [0.1, 0.15) is 82.9 Å². The van der Waals surface area contributed by atoms with Gasteiger partial charge in [0.15, 0.2) is 0 Å². The average molecular weight is 699 g/mol. The summed E-state index contributed by atoms with van der Waals surface area (Å²) in [6.45, 7) is 0. The largest absolute Gasteiger partial charge is 0.423 e. The summed E-state index contributed by atoms with van der Waals surface area (Å²) in [5.74, 6) is -5.97. The van der Waals surface area contributed by atoms with E-state index in [-0.39, 0.29) is 67.5 Å². The molecule has 2 heterocycles. The molecule has 14 heteroatoms. The van der Waals surface area contributed by atoms with E-state index < -0.39 is 47.8 Å². The van der Waals surface area contributed by atoms with Crippen LogP contribution in [0, 0.1) is 0 Å². The molecule has 7 rings (SSSR count). The van der Waals surface area contributed by atoms with Crippen LogP contribution in [0.2, 0.25) is 0 Å². The highest BCUT2D eigenvalue weighted by molar-refractivity contribution is 6.15. The smallest absolute Gasteiger partial charge is 0.347 e. The summed E-state index contributed by atoms with van der Waals surface area (Å²) in [7, 11) is 0. The summed E-state index contributed by atoms with van der Waals surface area (Å²) in [5, 5.41) is 0. The monoisotopic (exact) mass is 698 g/mol. The van der Waals surface area contributed by atoms with Crippen molar-refractivity contribution in [2.24, 2.45) is 0 Å². The van der Waals surface area contributed by atoms with Crippen LogP contribution in [0.15, 0.2) is 109 Å². The molecule has 2 aliphatic rings. The lowest BCUT2D eigenvalue weighted by Crippen LogP contribution is -2.12. The van der Waals surface area contributed by atoms with Gasteiger partial charge in [-0.2, -0.15) is 0 Å². The number of fused-ring (bicyclic) bond motifs is 2. The van der Waals surface area contributed by atoms with Gasteiger partial charge in [0.1, 0.15) is 23.0 Å². The highest BCUT2D eigenvalue weighted by Crippen LogP contribution is 2.27. The van der Waals surface area contributed by atoms with Gasteiger partial charge in [0, 0.05) is 0 Å². The second-order valence-corrected chi connectivity index (χ2v) is 11.0. The number of benzene rings is 5. The number of carbonyl (C=O) groups excluding carboxylic acids is 8. The van der Waals surface area contributed by atoms with Crippen LogP contribution in [0.5, 0.6) is 23.0 Å². The van der Waals surface area contributed by atoms with E-state index in [1.165, 1.54) is 109 Å². The topological polar surface area (TPSA) is 192 Å². The molecule has 2 aliphatic heterocycles. The van der Waals surface area contributed by atoms with E-state index in [9.17, 15) is 38.4 Å². The van der Waals surface area contributed by atoms with Crippen LogP contribution in [-0.2, 0) is 9.47 Å². The van der Waals surface area contributed by atoms with Crippen molar-refractivity contribution in [3.05, 3.63) is 154 Å². The number of ether oxygens (including phenoxy) is 6. The number of esters is 8. The lowest BCUT2D eigenvalue weighted by Gasteiger charge is -2.08. The Morgan fingerprint density at radius 2 is 0.577 bits per heavy atom. The summed E-state index contributed by atoms with van der Waals surface area (Å²) in [4.78, 5) is 97.3. The Balaban J connectivity index is 0.906. The summed E-state index contributed by atoms with van der Waals surface area (Å²) >= 11 is 0. The maximum atomic E-state index is 12.7. The van der Waals surface area contributed by atoms with Crippen LogP contribution in [0.25, 0.3) is 0 Å². The van der Waals surface area contributed by atoms with Gasteiger partial charge < -0.3 is 28.4 Å². The molecule has 0 saturated heterocycles. The van der Waals surface area contributed by atoms with Crippen LogP contribution >= 0.6 is 0 Å². The van der Waals surface area contributed by atoms with E-state index in [1.54, 1.807) is 0 Å². The zero-order valence-corrected chi connectivity index (χ0v) is 26.1. The first kappa shape index (κ1) is 32.8. The van der Waals surface area contributed by atoms with Gasteiger partial charge in [-0.15, -0.1) is 0 Å². The molecule has 0 unspecified atom stereocenters. The molecular formula is C38H18O14. The van der Waals surface area contributed by atoms with E-state index in [0.717, 1.165) is 0 Å². The molecule has 0 saturated carbocycles. The Bertz CT molecular complexity index is 2200. The molecule has 5 aromatic rings. The molecule has 52 heavy (non-hydrogen) atoms. The first-order valence-corrected chi connectivity index (χ1v) is 15.0. The molecule has 0 atom stereocenters. The Labute approximate surface area is 291 Å². The van der Waals surface area contributed by atoms with Gasteiger partial charge >= 0.3 is 47.8 Å². The fourth-order valence-corrected chi connectivity index (χ4v) is 4.98. The molecule has 0 N–H and O–H groups in total. The molecule has 5 aromatic carbocycles. The van der Waals surface area contributed by atoms with Gasteiger partial charge in [-0.1, -0.05) is 0 Å². The third-order valence-electron chi connectivity index (χ3n) is 7.61. The maximum Gasteiger partial charge on any atom is 0.347 e. The number of carbonyl (C=O) groups is 8. The van der Waals surface area contributed by atoms with Gasteiger partial charge in [-0.05, 0) is 109 Å². The van der Waals surface area contributed by atoms with Gasteiger partial charge in [0.2, 0.25) is 0 Å². The van der Waals surface area contributed by atoms with E-state index in [1.807, 2.05) is 0 Å². The molecule has 254 valence electrons. The minimum absolute atomic E-state index is 0.0125. The molecule has 0 aromatic heterocycles.